The maximum atomic E-state index is 13.9. The Balaban J connectivity index is 2.47. The number of carbonyl (C=O) groups is 8. The lowest BCUT2D eigenvalue weighted by atomic mass is 9.96. The number of primary amides is 1. The van der Waals surface area contributed by atoms with Crippen molar-refractivity contribution in [1.82, 2.24) is 31.9 Å². The number of fused-ring (bicyclic) bond motifs is 2. The van der Waals surface area contributed by atoms with Gasteiger partial charge < -0.3 is 42.7 Å². The van der Waals surface area contributed by atoms with Crippen LogP contribution in [0.5, 0.6) is 0 Å². The molecule has 2 rings (SSSR count). The zero-order chi connectivity index (χ0) is 43.5. The van der Waals surface area contributed by atoms with Crippen LogP contribution >= 0.6 is 23.5 Å². The van der Waals surface area contributed by atoms with E-state index in [1.807, 2.05) is 58.9 Å². The third-order valence-electron chi connectivity index (χ3n) is 9.43. The third-order valence-corrected chi connectivity index (χ3v) is 11.6. The van der Waals surface area contributed by atoms with Gasteiger partial charge in [-0.3, -0.25) is 38.4 Å². The molecule has 2 bridgehead atoms. The largest absolute Gasteiger partial charge is 0.481 e. The first-order valence-electron chi connectivity index (χ1n) is 19.9. The fourth-order valence-corrected chi connectivity index (χ4v) is 8.03. The predicted molar refractivity (Wildman–Crippen MR) is 225 cm³/mol. The lowest BCUT2D eigenvalue weighted by molar-refractivity contribution is -0.137. The van der Waals surface area contributed by atoms with Crippen LogP contribution in [0.15, 0.2) is 24.3 Å². The molecule has 0 saturated carbocycles. The fourth-order valence-electron chi connectivity index (χ4n) is 6.01. The second-order valence-electron chi connectivity index (χ2n) is 15.7. The number of hydrogen-bond donors (Lipinski definition) is 8. The van der Waals surface area contributed by atoms with Crippen LogP contribution in [0, 0.1) is 17.8 Å². The topological polar surface area (TPSA) is 255 Å². The van der Waals surface area contributed by atoms with Crippen LogP contribution in [0.2, 0.25) is 0 Å². The summed E-state index contributed by atoms with van der Waals surface area (Å²) in [6.45, 7) is 12.6. The monoisotopic (exact) mass is 849 g/mol. The second kappa shape index (κ2) is 25.2. The molecule has 0 aliphatic carbocycles. The van der Waals surface area contributed by atoms with E-state index in [4.69, 9.17) is 10.8 Å². The molecule has 7 amide bonds. The van der Waals surface area contributed by atoms with Crippen molar-refractivity contribution in [2.24, 2.45) is 23.5 Å². The first-order chi connectivity index (χ1) is 27.3. The Morgan fingerprint density at radius 2 is 1.48 bits per heavy atom. The molecule has 1 aromatic rings. The third kappa shape index (κ3) is 18.1. The van der Waals surface area contributed by atoms with E-state index in [0.717, 1.165) is 11.1 Å². The average Bonchev–Trinajstić information content (AvgIpc) is 3.14. The van der Waals surface area contributed by atoms with E-state index >= 15 is 0 Å². The molecule has 0 aromatic heterocycles. The number of carbonyl (C=O) groups excluding carboxylic acids is 7. The Kier molecular flexibility index (Phi) is 21.7. The second-order valence-corrected chi connectivity index (χ2v) is 17.7. The number of thioether (sulfide) groups is 2. The lowest BCUT2D eigenvalue weighted by Gasteiger charge is -2.29. The highest BCUT2D eigenvalue weighted by Gasteiger charge is 2.34. The molecule has 324 valence electrons. The molecule has 0 saturated heterocycles. The summed E-state index contributed by atoms with van der Waals surface area (Å²) in [5.41, 5.74) is 7.57. The summed E-state index contributed by atoms with van der Waals surface area (Å²) in [5, 5.41) is 25.3. The Bertz CT molecular complexity index is 1590. The van der Waals surface area contributed by atoms with Crippen molar-refractivity contribution in [3.05, 3.63) is 35.4 Å². The Morgan fingerprint density at radius 1 is 0.845 bits per heavy atom. The summed E-state index contributed by atoms with van der Waals surface area (Å²) in [4.78, 5) is 105. The van der Waals surface area contributed by atoms with Crippen LogP contribution < -0.4 is 37.6 Å². The minimum Gasteiger partial charge on any atom is -0.481 e. The number of aliphatic carboxylic acids is 1. The first kappa shape index (κ1) is 49.8. The standard InChI is InChI=1S/C40H63N7O9S2/c1-8-24(6)34-40(56)45-30(35(41)51)20-57-18-26-11-9-12-27(17-26)19-58-21-31(39(55)42-25(7)36(52)44-29(16-23(4)5)38(54)47-34)46-37(53)28(15-22(2)3)43-32(48)13-10-14-33(49)50/h9,11-12,17,22-25,28-31,34H,8,10,13-16,18-21H2,1-7H3,(H2,41,51)(H,42,55)(H,43,48)(H,44,52)(H,45,56)(H,46,53)(H,47,54)(H,49,50)/t24-,25-,28-,29-,30-,31+,34-/m0/s1. The predicted octanol–water partition coefficient (Wildman–Crippen LogP) is 1.97. The van der Waals surface area contributed by atoms with Gasteiger partial charge in [-0.1, -0.05) is 72.2 Å². The summed E-state index contributed by atoms with van der Waals surface area (Å²) in [7, 11) is 0. The summed E-state index contributed by atoms with van der Waals surface area (Å²) in [5.74, 6) is -4.57. The summed E-state index contributed by atoms with van der Waals surface area (Å²) in [6.07, 6.45) is 0.784. The average molecular weight is 850 g/mol. The van der Waals surface area contributed by atoms with Gasteiger partial charge in [-0.2, -0.15) is 23.5 Å². The molecule has 1 aliphatic heterocycles. The molecular formula is C40H63N7O9S2. The molecule has 0 radical (unpaired) electrons. The van der Waals surface area contributed by atoms with Crippen LogP contribution in [-0.2, 0) is 49.9 Å². The van der Waals surface area contributed by atoms with Crippen molar-refractivity contribution < 1.29 is 43.5 Å². The van der Waals surface area contributed by atoms with Crippen LogP contribution in [0.4, 0.5) is 0 Å². The quantitative estimate of drug-likeness (QED) is 0.134. The van der Waals surface area contributed by atoms with E-state index in [0.29, 0.717) is 17.9 Å². The number of nitrogens with two attached hydrogens (primary N) is 1. The number of rotatable bonds is 14. The molecule has 58 heavy (non-hydrogen) atoms. The number of hydrogen-bond acceptors (Lipinski definition) is 10. The molecular weight excluding hydrogens is 787 g/mol. The maximum Gasteiger partial charge on any atom is 0.303 e. The van der Waals surface area contributed by atoms with Crippen LogP contribution in [0.3, 0.4) is 0 Å². The van der Waals surface area contributed by atoms with Gasteiger partial charge in [-0.25, -0.2) is 0 Å². The minimum atomic E-state index is -1.16. The van der Waals surface area contributed by atoms with Crippen molar-refractivity contribution in [3.63, 3.8) is 0 Å². The highest BCUT2D eigenvalue weighted by molar-refractivity contribution is 7.98. The zero-order valence-corrected chi connectivity index (χ0v) is 36.3. The van der Waals surface area contributed by atoms with Crippen molar-refractivity contribution in [1.29, 1.82) is 0 Å². The molecule has 1 aromatic carbocycles. The SMILES string of the molecule is CC[C@H](C)[C@@H]1NC(=O)[C@H](CC(C)C)NC(=O)[C@H](C)NC(=O)[C@H](NC(=O)[C@H](CC(C)C)NC(=O)CCCC(=O)O)CSCc2cccc(c2)CSC[C@@H](C(N)=O)NC1=O. The first-order valence-corrected chi connectivity index (χ1v) is 22.2. The van der Waals surface area contributed by atoms with Crippen LogP contribution in [0.25, 0.3) is 0 Å². The van der Waals surface area contributed by atoms with Crippen LogP contribution in [0.1, 0.15) is 98.1 Å². The Hall–Kier alpha value is -4.32. The van der Waals surface area contributed by atoms with Gasteiger partial charge in [0, 0.05) is 35.9 Å². The molecule has 0 spiro atoms. The number of nitrogens with one attached hydrogen (secondary N) is 6. The molecule has 9 N–H and O–H groups in total. The van der Waals surface area contributed by atoms with Gasteiger partial charge in [0.2, 0.25) is 41.4 Å². The molecule has 0 unspecified atom stereocenters. The lowest BCUT2D eigenvalue weighted by Crippen LogP contribution is -2.60. The van der Waals surface area contributed by atoms with Gasteiger partial charge in [0.15, 0.2) is 0 Å². The Morgan fingerprint density at radius 3 is 2.05 bits per heavy atom. The highest BCUT2D eigenvalue weighted by atomic mass is 32.2. The van der Waals surface area contributed by atoms with E-state index in [2.05, 4.69) is 31.9 Å². The summed E-state index contributed by atoms with van der Waals surface area (Å²) < 4.78 is 0. The van der Waals surface area contributed by atoms with Crippen molar-refractivity contribution in [2.75, 3.05) is 11.5 Å². The van der Waals surface area contributed by atoms with Gasteiger partial charge >= 0.3 is 5.97 Å². The van der Waals surface area contributed by atoms with Gasteiger partial charge in [-0.05, 0) is 55.1 Å². The molecule has 1 heterocycles. The van der Waals surface area contributed by atoms with Gasteiger partial charge in [-0.15, -0.1) is 0 Å². The van der Waals surface area contributed by atoms with E-state index in [9.17, 15) is 38.4 Å². The molecule has 1 aliphatic rings. The molecule has 0 fully saturated rings. The normalized spacial score (nSPS) is 22.8. The Labute approximate surface area is 350 Å². The molecule has 7 atom stereocenters. The van der Waals surface area contributed by atoms with E-state index in [1.165, 1.54) is 30.4 Å². The molecule has 18 heteroatoms. The van der Waals surface area contributed by atoms with Gasteiger partial charge in [0.05, 0.1) is 0 Å². The molecule has 16 nitrogen and oxygen atoms in total. The number of benzene rings is 1. The smallest absolute Gasteiger partial charge is 0.303 e. The summed E-state index contributed by atoms with van der Waals surface area (Å²) >= 11 is 2.77. The number of amides is 7. The zero-order valence-electron chi connectivity index (χ0n) is 34.7. The fraction of sp³-hybridized carbons (Fsp3) is 0.650. The van der Waals surface area contributed by atoms with Gasteiger partial charge in [0.1, 0.15) is 36.3 Å². The number of carboxylic acid groups (broad SMARTS) is 1. The van der Waals surface area contributed by atoms with Crippen molar-refractivity contribution in [2.45, 2.75) is 135 Å². The van der Waals surface area contributed by atoms with E-state index < -0.39 is 83.6 Å². The number of carboxylic acids is 1. The van der Waals surface area contributed by atoms with Crippen molar-refractivity contribution in [3.8, 4) is 0 Å². The minimum absolute atomic E-state index is 0.0209. The van der Waals surface area contributed by atoms with E-state index in [-0.39, 0.29) is 61.4 Å². The maximum absolute atomic E-state index is 13.9. The van der Waals surface area contributed by atoms with Gasteiger partial charge in [0.25, 0.3) is 0 Å². The van der Waals surface area contributed by atoms with E-state index in [1.54, 1.807) is 6.92 Å². The summed E-state index contributed by atoms with van der Waals surface area (Å²) in [6, 6.07) is 1.26. The van der Waals surface area contributed by atoms with Crippen molar-refractivity contribution >= 4 is 70.8 Å². The van der Waals surface area contributed by atoms with Crippen LogP contribution in [-0.4, -0.2) is 100 Å². The highest BCUT2D eigenvalue weighted by Crippen LogP contribution is 2.20.